The van der Waals surface area contributed by atoms with Crippen LogP contribution in [0.2, 0.25) is 0 Å². The van der Waals surface area contributed by atoms with Crippen molar-refractivity contribution in [1.82, 2.24) is 14.8 Å². The largest absolute Gasteiger partial charge is 0.375 e. The number of aryl methyl sites for hydroxylation is 2. The summed E-state index contributed by atoms with van der Waals surface area (Å²) < 4.78 is 31.4. The van der Waals surface area contributed by atoms with Gasteiger partial charge >= 0.3 is 0 Å². The highest BCUT2D eigenvalue weighted by molar-refractivity contribution is 7.89. The molecule has 0 aliphatic carbocycles. The van der Waals surface area contributed by atoms with E-state index in [4.69, 9.17) is 4.74 Å². The molecule has 0 aliphatic rings. The first-order valence-corrected chi connectivity index (χ1v) is 9.30. The fourth-order valence-electron chi connectivity index (χ4n) is 1.94. The summed E-state index contributed by atoms with van der Waals surface area (Å²) in [6.45, 7) is 4.82. The summed E-state index contributed by atoms with van der Waals surface area (Å²) in [6, 6.07) is 0. The molecule has 2 aromatic heterocycles. The Morgan fingerprint density at radius 1 is 1.38 bits per heavy atom. The molecule has 21 heavy (non-hydrogen) atoms. The fourth-order valence-corrected chi connectivity index (χ4v) is 4.30. The lowest BCUT2D eigenvalue weighted by Gasteiger charge is -2.05. The van der Waals surface area contributed by atoms with E-state index >= 15 is 0 Å². The third-order valence-electron chi connectivity index (χ3n) is 3.02. The minimum absolute atomic E-state index is 0.0202. The lowest BCUT2D eigenvalue weighted by molar-refractivity contribution is 0.134. The Labute approximate surface area is 128 Å². The number of thiazole rings is 1. The molecule has 0 bridgehead atoms. The average Bonchev–Trinajstić information content (AvgIpc) is 2.97. The normalized spacial score (nSPS) is 12.0. The summed E-state index contributed by atoms with van der Waals surface area (Å²) in [5, 5.41) is 6.65. The van der Waals surface area contributed by atoms with E-state index in [0.717, 1.165) is 16.3 Å². The zero-order valence-electron chi connectivity index (χ0n) is 12.4. The van der Waals surface area contributed by atoms with Crippen molar-refractivity contribution < 1.29 is 13.2 Å². The minimum atomic E-state index is -3.27. The summed E-state index contributed by atoms with van der Waals surface area (Å²) in [7, 11) is -1.52. The first kappa shape index (κ1) is 16.1. The van der Waals surface area contributed by atoms with Crippen LogP contribution in [0, 0.1) is 6.92 Å². The summed E-state index contributed by atoms with van der Waals surface area (Å²) in [5.74, 6) is -0.0755. The van der Waals surface area contributed by atoms with Crippen molar-refractivity contribution >= 4 is 21.2 Å². The Balaban J connectivity index is 2.05. The number of aromatic nitrogens is 3. The Hall–Kier alpha value is -1.25. The molecule has 0 radical (unpaired) electrons. The highest BCUT2D eigenvalue weighted by Gasteiger charge is 2.19. The van der Waals surface area contributed by atoms with Crippen LogP contribution in [0.15, 0.2) is 11.6 Å². The molecule has 0 atom stereocenters. The van der Waals surface area contributed by atoms with Crippen LogP contribution in [0.1, 0.15) is 28.9 Å². The van der Waals surface area contributed by atoms with Crippen molar-refractivity contribution in [3.63, 3.8) is 0 Å². The Bertz CT molecular complexity index is 685. The van der Waals surface area contributed by atoms with Crippen LogP contribution >= 0.6 is 11.3 Å². The number of ether oxygens (including phenoxy) is 1. The molecule has 0 unspecified atom stereocenters. The number of hydrogen-bond donors (Lipinski definition) is 0. The smallest absolute Gasteiger partial charge is 0.161 e. The van der Waals surface area contributed by atoms with Gasteiger partial charge in [-0.2, -0.15) is 5.10 Å². The van der Waals surface area contributed by atoms with E-state index in [1.54, 1.807) is 23.3 Å². The maximum absolute atomic E-state index is 12.3. The molecule has 2 heterocycles. The summed E-state index contributed by atoms with van der Waals surface area (Å²) in [6.07, 6.45) is 1.67. The lowest BCUT2D eigenvalue weighted by atomic mass is 10.3. The molecule has 8 heteroatoms. The molecule has 0 fully saturated rings. The van der Waals surface area contributed by atoms with Gasteiger partial charge in [0.25, 0.3) is 0 Å². The second kappa shape index (κ2) is 6.67. The number of hydrogen-bond acceptors (Lipinski definition) is 6. The molecule has 0 aromatic carbocycles. The maximum atomic E-state index is 12.3. The SMILES string of the molecule is CCOCc1nc(CS(=O)(=O)Cc2c(C)cnn2C)cs1. The molecule has 0 saturated carbocycles. The van der Waals surface area contributed by atoms with Crippen molar-refractivity contribution in [2.75, 3.05) is 6.61 Å². The molecule has 116 valence electrons. The number of nitrogens with zero attached hydrogens (tertiary/aromatic N) is 3. The molecule has 0 saturated heterocycles. The third-order valence-corrected chi connectivity index (χ3v) is 5.34. The van der Waals surface area contributed by atoms with Crippen molar-refractivity contribution in [2.24, 2.45) is 7.05 Å². The second-order valence-electron chi connectivity index (χ2n) is 4.80. The van der Waals surface area contributed by atoms with Gasteiger partial charge in [0.1, 0.15) is 5.01 Å². The van der Waals surface area contributed by atoms with E-state index in [2.05, 4.69) is 10.1 Å². The van der Waals surface area contributed by atoms with E-state index < -0.39 is 9.84 Å². The molecular formula is C13H19N3O3S2. The molecular weight excluding hydrogens is 310 g/mol. The van der Waals surface area contributed by atoms with Crippen LogP contribution in [0.5, 0.6) is 0 Å². The first-order valence-electron chi connectivity index (χ1n) is 6.60. The monoisotopic (exact) mass is 329 g/mol. The van der Waals surface area contributed by atoms with Crippen molar-refractivity contribution in [2.45, 2.75) is 32.0 Å². The van der Waals surface area contributed by atoms with Gasteiger partial charge in [0.05, 0.1) is 35.7 Å². The van der Waals surface area contributed by atoms with Gasteiger partial charge in [-0.1, -0.05) is 0 Å². The predicted molar refractivity (Wildman–Crippen MR) is 81.7 cm³/mol. The van der Waals surface area contributed by atoms with Crippen LogP contribution in [0.3, 0.4) is 0 Å². The van der Waals surface area contributed by atoms with Crippen LogP contribution in [0.25, 0.3) is 0 Å². The molecule has 0 amide bonds. The van der Waals surface area contributed by atoms with Gasteiger partial charge < -0.3 is 4.74 Å². The first-order chi connectivity index (χ1) is 9.91. The molecule has 2 aromatic rings. The molecule has 6 nitrogen and oxygen atoms in total. The Morgan fingerprint density at radius 3 is 2.76 bits per heavy atom. The maximum Gasteiger partial charge on any atom is 0.161 e. The second-order valence-corrected chi connectivity index (χ2v) is 7.81. The Morgan fingerprint density at radius 2 is 2.14 bits per heavy atom. The topological polar surface area (TPSA) is 74.1 Å². The molecule has 0 aliphatic heterocycles. The van der Waals surface area contributed by atoms with Gasteiger partial charge in [0.15, 0.2) is 9.84 Å². The number of rotatable bonds is 7. The fraction of sp³-hybridized carbons (Fsp3) is 0.538. The van der Waals surface area contributed by atoms with Crippen LogP contribution in [-0.4, -0.2) is 29.8 Å². The van der Waals surface area contributed by atoms with Gasteiger partial charge in [-0.05, 0) is 19.4 Å². The van der Waals surface area contributed by atoms with E-state index in [1.807, 2.05) is 13.8 Å². The van der Waals surface area contributed by atoms with Crippen molar-refractivity contribution in [1.29, 1.82) is 0 Å². The van der Waals surface area contributed by atoms with E-state index in [9.17, 15) is 8.42 Å². The van der Waals surface area contributed by atoms with Gasteiger partial charge in [0, 0.05) is 19.0 Å². The van der Waals surface area contributed by atoms with Gasteiger partial charge in [-0.3, -0.25) is 4.68 Å². The summed E-state index contributed by atoms with van der Waals surface area (Å²) in [4.78, 5) is 4.30. The highest BCUT2D eigenvalue weighted by atomic mass is 32.2. The van der Waals surface area contributed by atoms with Crippen molar-refractivity contribution in [3.8, 4) is 0 Å². The van der Waals surface area contributed by atoms with E-state index in [-0.39, 0.29) is 11.5 Å². The summed E-state index contributed by atoms with van der Waals surface area (Å²) in [5.41, 5.74) is 2.19. The van der Waals surface area contributed by atoms with Gasteiger partial charge in [-0.25, -0.2) is 13.4 Å². The zero-order chi connectivity index (χ0) is 15.5. The number of sulfone groups is 1. The Kier molecular flexibility index (Phi) is 5.13. The zero-order valence-corrected chi connectivity index (χ0v) is 14.0. The molecule has 0 N–H and O–H groups in total. The van der Waals surface area contributed by atoms with E-state index in [1.165, 1.54) is 11.3 Å². The molecule has 0 spiro atoms. The molecule has 2 rings (SSSR count). The quantitative estimate of drug-likeness (QED) is 0.775. The summed E-state index contributed by atoms with van der Waals surface area (Å²) >= 11 is 1.43. The van der Waals surface area contributed by atoms with Crippen LogP contribution in [0.4, 0.5) is 0 Å². The van der Waals surface area contributed by atoms with Crippen LogP contribution < -0.4 is 0 Å². The van der Waals surface area contributed by atoms with Crippen molar-refractivity contribution in [3.05, 3.63) is 33.5 Å². The highest BCUT2D eigenvalue weighted by Crippen LogP contribution is 2.17. The predicted octanol–water partition coefficient (Wildman–Crippen LogP) is 1.84. The van der Waals surface area contributed by atoms with Gasteiger partial charge in [-0.15, -0.1) is 11.3 Å². The lowest BCUT2D eigenvalue weighted by Crippen LogP contribution is -2.12. The average molecular weight is 329 g/mol. The van der Waals surface area contributed by atoms with Crippen LogP contribution in [-0.2, 0) is 39.7 Å². The standard InChI is InChI=1S/C13H19N3O3S2/c1-4-19-6-13-15-11(7-20-13)8-21(17,18)9-12-10(2)5-14-16(12)3/h5,7H,4,6,8-9H2,1-3H3. The van der Waals surface area contributed by atoms with Gasteiger partial charge in [0.2, 0.25) is 0 Å². The minimum Gasteiger partial charge on any atom is -0.375 e. The van der Waals surface area contributed by atoms with E-state index in [0.29, 0.717) is 18.9 Å². The third kappa shape index (κ3) is 4.36.